The summed E-state index contributed by atoms with van der Waals surface area (Å²) in [4.78, 5) is 17.6. The molecule has 1 atom stereocenters. The Bertz CT molecular complexity index is 831. The highest BCUT2D eigenvalue weighted by Crippen LogP contribution is 2.29. The van der Waals surface area contributed by atoms with Crippen LogP contribution < -0.4 is 0 Å². The molecule has 0 aliphatic carbocycles. The Labute approximate surface area is 160 Å². The summed E-state index contributed by atoms with van der Waals surface area (Å²) in [5.74, 6) is 0.875. The van der Waals surface area contributed by atoms with E-state index in [1.165, 1.54) is 0 Å². The van der Waals surface area contributed by atoms with Gasteiger partial charge >= 0.3 is 0 Å². The Hall–Kier alpha value is -2.44. The van der Waals surface area contributed by atoms with Gasteiger partial charge in [-0.2, -0.15) is 0 Å². The standard InChI is InChI=1S/C21H28N6/c1-3-18(26-13-11-25(2)12-14-26)15-27-16-24-19(17-7-5-4-6-8-17)20(27)21-22-9-10-23-21/h4-10,16,18H,3,11-15H2,1-2H3,(H,22,23)/t18-/m0/s1. The third-order valence-electron chi connectivity index (χ3n) is 5.54. The fourth-order valence-corrected chi connectivity index (χ4v) is 3.89. The fraction of sp³-hybridized carbons (Fsp3) is 0.429. The summed E-state index contributed by atoms with van der Waals surface area (Å²) in [5, 5.41) is 0. The third-order valence-corrected chi connectivity index (χ3v) is 5.54. The normalized spacial score (nSPS) is 17.3. The van der Waals surface area contributed by atoms with Gasteiger partial charge in [0.2, 0.25) is 0 Å². The van der Waals surface area contributed by atoms with Crippen molar-refractivity contribution in [3.05, 3.63) is 49.1 Å². The maximum absolute atomic E-state index is 4.76. The van der Waals surface area contributed by atoms with Crippen molar-refractivity contribution >= 4 is 0 Å². The minimum absolute atomic E-state index is 0.505. The van der Waals surface area contributed by atoms with E-state index in [2.05, 4.69) is 62.6 Å². The molecule has 142 valence electrons. The quantitative estimate of drug-likeness (QED) is 0.731. The number of rotatable bonds is 6. The molecule has 6 nitrogen and oxygen atoms in total. The summed E-state index contributed by atoms with van der Waals surface area (Å²) in [7, 11) is 2.20. The van der Waals surface area contributed by atoms with Crippen LogP contribution in [0.25, 0.3) is 22.8 Å². The highest BCUT2D eigenvalue weighted by Gasteiger charge is 2.24. The summed E-state index contributed by atoms with van der Waals surface area (Å²) in [6, 6.07) is 10.9. The monoisotopic (exact) mass is 364 g/mol. The van der Waals surface area contributed by atoms with Gasteiger partial charge in [0.25, 0.3) is 0 Å². The van der Waals surface area contributed by atoms with Crippen molar-refractivity contribution in [3.63, 3.8) is 0 Å². The molecule has 6 heteroatoms. The van der Waals surface area contributed by atoms with Gasteiger partial charge in [-0.15, -0.1) is 0 Å². The van der Waals surface area contributed by atoms with Crippen LogP contribution in [0.4, 0.5) is 0 Å². The molecule has 0 saturated carbocycles. The van der Waals surface area contributed by atoms with Gasteiger partial charge in [0.15, 0.2) is 5.82 Å². The zero-order chi connectivity index (χ0) is 18.6. The molecule has 2 aromatic heterocycles. The first-order valence-corrected chi connectivity index (χ1v) is 9.79. The Morgan fingerprint density at radius 2 is 1.85 bits per heavy atom. The largest absolute Gasteiger partial charge is 0.343 e. The van der Waals surface area contributed by atoms with Crippen LogP contribution in [0.2, 0.25) is 0 Å². The first-order chi connectivity index (χ1) is 13.3. The van der Waals surface area contributed by atoms with Crippen LogP contribution in [-0.2, 0) is 6.54 Å². The molecule has 1 aromatic carbocycles. The molecule has 3 heterocycles. The highest BCUT2D eigenvalue weighted by atomic mass is 15.3. The molecule has 1 fully saturated rings. The molecule has 0 spiro atoms. The van der Waals surface area contributed by atoms with Crippen molar-refractivity contribution in [1.29, 1.82) is 0 Å². The number of hydrogen-bond donors (Lipinski definition) is 1. The Morgan fingerprint density at radius 1 is 1.07 bits per heavy atom. The van der Waals surface area contributed by atoms with E-state index in [1.807, 2.05) is 18.6 Å². The SMILES string of the molecule is CC[C@@H](Cn1cnc(-c2ccccc2)c1-c1ncc[nH]1)N1CCN(C)CC1. The van der Waals surface area contributed by atoms with E-state index in [1.54, 1.807) is 6.20 Å². The van der Waals surface area contributed by atoms with Gasteiger partial charge in [0, 0.05) is 56.7 Å². The van der Waals surface area contributed by atoms with Crippen LogP contribution in [0.15, 0.2) is 49.1 Å². The third kappa shape index (κ3) is 3.82. The van der Waals surface area contributed by atoms with E-state index >= 15 is 0 Å². The highest BCUT2D eigenvalue weighted by molar-refractivity contribution is 5.75. The number of imidazole rings is 2. The number of nitrogens with zero attached hydrogens (tertiary/aromatic N) is 5. The van der Waals surface area contributed by atoms with Crippen molar-refractivity contribution in [3.8, 4) is 22.8 Å². The lowest BCUT2D eigenvalue weighted by Crippen LogP contribution is -2.50. The first-order valence-electron chi connectivity index (χ1n) is 9.79. The molecule has 1 saturated heterocycles. The van der Waals surface area contributed by atoms with Crippen LogP contribution in [0.3, 0.4) is 0 Å². The summed E-state index contributed by atoms with van der Waals surface area (Å²) in [6.45, 7) is 7.75. The van der Waals surface area contributed by atoms with E-state index in [4.69, 9.17) is 4.98 Å². The number of nitrogens with one attached hydrogen (secondary N) is 1. The van der Waals surface area contributed by atoms with Crippen LogP contribution in [0, 0.1) is 0 Å². The van der Waals surface area contributed by atoms with E-state index in [0.29, 0.717) is 6.04 Å². The van der Waals surface area contributed by atoms with Crippen LogP contribution in [-0.4, -0.2) is 68.6 Å². The Kier molecular flexibility index (Phi) is 5.36. The Balaban J connectivity index is 1.65. The number of H-pyrrole nitrogens is 1. The predicted octanol–water partition coefficient (Wildman–Crippen LogP) is 2.97. The van der Waals surface area contributed by atoms with E-state index < -0.39 is 0 Å². The molecule has 0 bridgehead atoms. The minimum atomic E-state index is 0.505. The first kappa shape index (κ1) is 17.9. The molecule has 1 aliphatic rings. The average molecular weight is 364 g/mol. The lowest BCUT2D eigenvalue weighted by molar-refractivity contribution is 0.100. The lowest BCUT2D eigenvalue weighted by Gasteiger charge is -2.38. The van der Waals surface area contributed by atoms with Crippen molar-refractivity contribution in [2.24, 2.45) is 0 Å². The van der Waals surface area contributed by atoms with Gasteiger partial charge in [-0.05, 0) is 13.5 Å². The lowest BCUT2D eigenvalue weighted by atomic mass is 10.1. The topological polar surface area (TPSA) is 53.0 Å². The van der Waals surface area contributed by atoms with Crippen molar-refractivity contribution in [2.45, 2.75) is 25.9 Å². The Morgan fingerprint density at radius 3 is 2.52 bits per heavy atom. The smallest absolute Gasteiger partial charge is 0.156 e. The number of benzene rings is 1. The zero-order valence-electron chi connectivity index (χ0n) is 16.2. The predicted molar refractivity (Wildman–Crippen MR) is 108 cm³/mol. The van der Waals surface area contributed by atoms with Gasteiger partial charge < -0.3 is 14.5 Å². The molecule has 0 amide bonds. The summed E-state index contributed by atoms with van der Waals surface area (Å²) < 4.78 is 2.27. The zero-order valence-corrected chi connectivity index (χ0v) is 16.2. The second kappa shape index (κ2) is 8.06. The molecule has 4 rings (SSSR count). The maximum atomic E-state index is 4.76. The number of piperazine rings is 1. The van der Waals surface area contributed by atoms with Gasteiger partial charge in [0.05, 0.1) is 12.0 Å². The molecule has 3 aromatic rings. The van der Waals surface area contributed by atoms with Gasteiger partial charge in [-0.3, -0.25) is 4.90 Å². The van der Waals surface area contributed by atoms with Crippen LogP contribution in [0.1, 0.15) is 13.3 Å². The van der Waals surface area contributed by atoms with Gasteiger partial charge in [-0.25, -0.2) is 9.97 Å². The van der Waals surface area contributed by atoms with E-state index in [0.717, 1.165) is 61.9 Å². The number of aromatic amines is 1. The molecule has 1 N–H and O–H groups in total. The van der Waals surface area contributed by atoms with Crippen LogP contribution >= 0.6 is 0 Å². The van der Waals surface area contributed by atoms with Crippen molar-refractivity contribution in [1.82, 2.24) is 29.3 Å². The van der Waals surface area contributed by atoms with Crippen molar-refractivity contribution < 1.29 is 0 Å². The maximum Gasteiger partial charge on any atom is 0.156 e. The molecule has 1 aliphatic heterocycles. The van der Waals surface area contributed by atoms with Gasteiger partial charge in [-0.1, -0.05) is 37.3 Å². The summed E-state index contributed by atoms with van der Waals surface area (Å²) in [6.07, 6.45) is 6.78. The average Bonchev–Trinajstić information content (AvgIpc) is 3.37. The molecule has 27 heavy (non-hydrogen) atoms. The molecule has 0 unspecified atom stereocenters. The minimum Gasteiger partial charge on any atom is -0.343 e. The number of aromatic nitrogens is 4. The summed E-state index contributed by atoms with van der Waals surface area (Å²) in [5.41, 5.74) is 3.17. The molecular weight excluding hydrogens is 336 g/mol. The second-order valence-corrected chi connectivity index (χ2v) is 7.30. The van der Waals surface area contributed by atoms with E-state index in [-0.39, 0.29) is 0 Å². The second-order valence-electron chi connectivity index (χ2n) is 7.30. The molecule has 0 radical (unpaired) electrons. The number of likely N-dealkylation sites (N-methyl/N-ethyl adjacent to an activating group) is 1. The summed E-state index contributed by atoms with van der Waals surface area (Å²) >= 11 is 0. The van der Waals surface area contributed by atoms with Gasteiger partial charge in [0.1, 0.15) is 5.69 Å². The molecular formula is C21H28N6. The fourth-order valence-electron chi connectivity index (χ4n) is 3.89. The van der Waals surface area contributed by atoms with Crippen molar-refractivity contribution in [2.75, 3.05) is 33.2 Å². The number of hydrogen-bond acceptors (Lipinski definition) is 4. The van der Waals surface area contributed by atoms with Crippen LogP contribution in [0.5, 0.6) is 0 Å². The van der Waals surface area contributed by atoms with E-state index in [9.17, 15) is 0 Å².